The largest absolute Gasteiger partial charge is 0.359 e. The van der Waals surface area contributed by atoms with Crippen LogP contribution in [-0.4, -0.2) is 11.0 Å². The van der Waals surface area contributed by atoms with E-state index in [1.165, 1.54) is 32.1 Å². The van der Waals surface area contributed by atoms with Crippen LogP contribution in [0.1, 0.15) is 39.0 Å². The number of thiazole rings is 1. The molecule has 1 heterocycles. The van der Waals surface area contributed by atoms with Crippen LogP contribution in [0.2, 0.25) is 5.15 Å². The van der Waals surface area contributed by atoms with Crippen LogP contribution in [0.4, 0.5) is 5.13 Å². The van der Waals surface area contributed by atoms with Gasteiger partial charge in [-0.25, -0.2) is 4.98 Å². The summed E-state index contributed by atoms with van der Waals surface area (Å²) < 4.78 is 0. The van der Waals surface area contributed by atoms with Gasteiger partial charge in [0.25, 0.3) is 0 Å². The van der Waals surface area contributed by atoms with Gasteiger partial charge in [0, 0.05) is 11.4 Å². The van der Waals surface area contributed by atoms with Gasteiger partial charge in [0.2, 0.25) is 0 Å². The zero-order valence-corrected chi connectivity index (χ0v) is 10.6. The van der Waals surface area contributed by atoms with Crippen molar-refractivity contribution in [1.29, 1.82) is 0 Å². The third kappa shape index (κ3) is 3.35. The third-order valence-corrected chi connectivity index (χ3v) is 4.16. The van der Waals surface area contributed by atoms with E-state index in [-0.39, 0.29) is 0 Å². The van der Waals surface area contributed by atoms with Crippen LogP contribution >= 0.6 is 22.9 Å². The predicted molar refractivity (Wildman–Crippen MR) is 66.8 cm³/mol. The van der Waals surface area contributed by atoms with Crippen molar-refractivity contribution in [2.24, 2.45) is 5.92 Å². The molecule has 1 aromatic rings. The molecule has 4 heteroatoms. The summed E-state index contributed by atoms with van der Waals surface area (Å²) in [5.74, 6) is 0.886. The number of nitrogens with one attached hydrogen (secondary N) is 1. The van der Waals surface area contributed by atoms with Crippen LogP contribution in [0.3, 0.4) is 0 Å². The second kappa shape index (κ2) is 5.17. The van der Waals surface area contributed by atoms with Crippen molar-refractivity contribution < 1.29 is 0 Å². The quantitative estimate of drug-likeness (QED) is 0.790. The van der Waals surface area contributed by atoms with Crippen molar-refractivity contribution in [2.75, 3.05) is 5.32 Å². The fourth-order valence-corrected chi connectivity index (χ4v) is 3.04. The normalized spacial score (nSPS) is 27.3. The Kier molecular flexibility index (Phi) is 3.87. The van der Waals surface area contributed by atoms with Crippen molar-refractivity contribution in [3.63, 3.8) is 0 Å². The molecule has 0 spiro atoms. The van der Waals surface area contributed by atoms with E-state index < -0.39 is 0 Å². The lowest BCUT2D eigenvalue weighted by Gasteiger charge is -2.15. The molecule has 15 heavy (non-hydrogen) atoms. The maximum absolute atomic E-state index is 5.79. The number of rotatable bonds is 2. The Bertz CT molecular complexity index is 313. The molecule has 84 valence electrons. The van der Waals surface area contributed by atoms with Gasteiger partial charge in [-0.15, -0.1) is 11.3 Å². The Labute approximate surface area is 100 Å². The van der Waals surface area contributed by atoms with Crippen molar-refractivity contribution >= 4 is 28.1 Å². The molecule has 1 aromatic heterocycles. The van der Waals surface area contributed by atoms with Crippen molar-refractivity contribution in [3.05, 3.63) is 10.5 Å². The maximum atomic E-state index is 5.79. The highest BCUT2D eigenvalue weighted by atomic mass is 35.5. The number of hydrogen-bond acceptors (Lipinski definition) is 3. The van der Waals surface area contributed by atoms with E-state index >= 15 is 0 Å². The van der Waals surface area contributed by atoms with Gasteiger partial charge in [-0.2, -0.15) is 0 Å². The number of nitrogens with zero attached hydrogens (tertiary/aromatic N) is 1. The highest BCUT2D eigenvalue weighted by Gasteiger charge is 2.16. The average molecular weight is 245 g/mol. The van der Waals surface area contributed by atoms with Gasteiger partial charge in [-0.3, -0.25) is 0 Å². The van der Waals surface area contributed by atoms with E-state index in [2.05, 4.69) is 17.2 Å². The van der Waals surface area contributed by atoms with Crippen LogP contribution in [0, 0.1) is 5.92 Å². The molecule has 2 unspecified atom stereocenters. The van der Waals surface area contributed by atoms with Gasteiger partial charge in [0.1, 0.15) is 5.15 Å². The molecule has 2 rings (SSSR count). The third-order valence-electron chi connectivity index (χ3n) is 3.06. The summed E-state index contributed by atoms with van der Waals surface area (Å²) in [6, 6.07) is 0.595. The molecule has 1 N–H and O–H groups in total. The zero-order chi connectivity index (χ0) is 10.7. The second-order valence-electron chi connectivity index (χ2n) is 4.43. The first-order chi connectivity index (χ1) is 7.24. The first-order valence-electron chi connectivity index (χ1n) is 5.61. The molecule has 0 aliphatic heterocycles. The monoisotopic (exact) mass is 244 g/mol. The lowest BCUT2D eigenvalue weighted by atomic mass is 10.0. The molecular formula is C11H17ClN2S. The lowest BCUT2D eigenvalue weighted by Crippen LogP contribution is -2.18. The number of aromatic nitrogens is 1. The van der Waals surface area contributed by atoms with Gasteiger partial charge in [-0.1, -0.05) is 31.4 Å². The van der Waals surface area contributed by atoms with Gasteiger partial charge in [0.05, 0.1) is 0 Å². The predicted octanol–water partition coefficient (Wildman–Crippen LogP) is 4.18. The van der Waals surface area contributed by atoms with E-state index in [0.29, 0.717) is 11.2 Å². The molecule has 1 aliphatic carbocycles. The van der Waals surface area contributed by atoms with Crippen molar-refractivity contribution in [2.45, 2.75) is 45.1 Å². The summed E-state index contributed by atoms with van der Waals surface area (Å²) in [4.78, 5) is 4.23. The van der Waals surface area contributed by atoms with Gasteiger partial charge in [0.15, 0.2) is 5.13 Å². The minimum Gasteiger partial charge on any atom is -0.359 e. The summed E-state index contributed by atoms with van der Waals surface area (Å²) in [6.07, 6.45) is 6.56. The van der Waals surface area contributed by atoms with Crippen molar-refractivity contribution in [3.8, 4) is 0 Å². The molecule has 2 nitrogen and oxygen atoms in total. The Hall–Kier alpha value is -0.280. The highest BCUT2D eigenvalue weighted by Crippen LogP contribution is 2.26. The fraction of sp³-hybridized carbons (Fsp3) is 0.727. The van der Waals surface area contributed by atoms with Crippen LogP contribution < -0.4 is 5.32 Å². The van der Waals surface area contributed by atoms with Crippen LogP contribution in [0.15, 0.2) is 5.38 Å². The SMILES string of the molecule is CC1CCCC(Nc2nc(Cl)cs2)CC1. The topological polar surface area (TPSA) is 24.9 Å². The van der Waals surface area contributed by atoms with E-state index in [4.69, 9.17) is 11.6 Å². The standard InChI is InChI=1S/C11H17ClN2S/c1-8-3-2-4-9(6-5-8)13-11-14-10(12)7-15-11/h7-9H,2-6H2,1H3,(H,13,14). The van der Waals surface area contributed by atoms with Crippen LogP contribution in [-0.2, 0) is 0 Å². The minimum atomic E-state index is 0.595. The summed E-state index contributed by atoms with van der Waals surface area (Å²) in [5, 5.41) is 6.94. The molecule has 1 aliphatic rings. The fourth-order valence-electron chi connectivity index (χ4n) is 2.13. The molecular weight excluding hydrogens is 228 g/mol. The maximum Gasteiger partial charge on any atom is 0.184 e. The molecule has 1 saturated carbocycles. The van der Waals surface area contributed by atoms with E-state index in [0.717, 1.165) is 11.0 Å². The minimum absolute atomic E-state index is 0.595. The molecule has 1 fully saturated rings. The molecule has 2 atom stereocenters. The first kappa shape index (κ1) is 11.2. The molecule has 0 saturated heterocycles. The zero-order valence-electron chi connectivity index (χ0n) is 9.00. The first-order valence-corrected chi connectivity index (χ1v) is 6.87. The number of anilines is 1. The Morgan fingerprint density at radius 2 is 2.27 bits per heavy atom. The van der Waals surface area contributed by atoms with Crippen LogP contribution in [0.25, 0.3) is 0 Å². The molecule has 0 bridgehead atoms. The second-order valence-corrected chi connectivity index (χ2v) is 5.68. The number of hydrogen-bond donors (Lipinski definition) is 1. The Balaban J connectivity index is 1.88. The average Bonchev–Trinajstić information content (AvgIpc) is 2.48. The summed E-state index contributed by atoms with van der Waals surface area (Å²) >= 11 is 7.39. The molecule has 0 radical (unpaired) electrons. The molecule has 0 aromatic carbocycles. The highest BCUT2D eigenvalue weighted by molar-refractivity contribution is 7.14. The number of halogens is 1. The van der Waals surface area contributed by atoms with Crippen LogP contribution in [0.5, 0.6) is 0 Å². The van der Waals surface area contributed by atoms with Gasteiger partial charge >= 0.3 is 0 Å². The summed E-state index contributed by atoms with van der Waals surface area (Å²) in [7, 11) is 0. The lowest BCUT2D eigenvalue weighted by molar-refractivity contribution is 0.502. The van der Waals surface area contributed by atoms with E-state index in [1.807, 2.05) is 5.38 Å². The van der Waals surface area contributed by atoms with E-state index in [1.54, 1.807) is 11.3 Å². The Morgan fingerprint density at radius 3 is 3.00 bits per heavy atom. The smallest absolute Gasteiger partial charge is 0.184 e. The summed E-state index contributed by atoms with van der Waals surface area (Å²) in [6.45, 7) is 2.35. The van der Waals surface area contributed by atoms with E-state index in [9.17, 15) is 0 Å². The van der Waals surface area contributed by atoms with Crippen molar-refractivity contribution in [1.82, 2.24) is 4.98 Å². The van der Waals surface area contributed by atoms with Gasteiger partial charge in [-0.05, 0) is 25.2 Å². The molecule has 0 amide bonds. The summed E-state index contributed by atoms with van der Waals surface area (Å²) in [5.41, 5.74) is 0. The van der Waals surface area contributed by atoms with Gasteiger partial charge < -0.3 is 5.32 Å². The Morgan fingerprint density at radius 1 is 1.40 bits per heavy atom.